The molecule has 1 atom stereocenters. The number of nitrogens with two attached hydrogens (primary N) is 1. The first-order valence-corrected chi connectivity index (χ1v) is 12.7. The molecule has 0 fully saturated rings. The van der Waals surface area contributed by atoms with Crippen molar-refractivity contribution < 1.29 is 10.2 Å². The van der Waals surface area contributed by atoms with Crippen LogP contribution in [0, 0.1) is 11.3 Å². The fraction of sp³-hybridized carbons (Fsp3) is 0.643. The van der Waals surface area contributed by atoms with Crippen LogP contribution in [0.15, 0.2) is 24.3 Å². The van der Waals surface area contributed by atoms with Crippen LogP contribution in [0.4, 0.5) is 0 Å². The molecule has 4 heteroatoms. The number of nitrogens with zero attached hydrogens (tertiary/aromatic N) is 1. The van der Waals surface area contributed by atoms with Crippen LogP contribution in [-0.2, 0) is 19.4 Å². The summed E-state index contributed by atoms with van der Waals surface area (Å²) in [6.07, 6.45) is 11.4. The Morgan fingerprint density at radius 2 is 1.59 bits per heavy atom. The lowest BCUT2D eigenvalue weighted by Gasteiger charge is -2.26. The monoisotopic (exact) mass is 440 g/mol. The van der Waals surface area contributed by atoms with E-state index in [2.05, 4.69) is 39.8 Å². The van der Waals surface area contributed by atoms with Crippen LogP contribution in [0.2, 0.25) is 0 Å². The largest absolute Gasteiger partial charge is 0.494 e. The standard InChI is InChI=1S/C28H44N2O2/c1-20(2)24(29)15-9-7-5-6-8-12-18-28(3,4)19-30-26(31)23-17-16-21-13-10-11-14-22(21)25(23)27(30)32/h10-11,13-14,20,24,31-32H,5-9,12,15-19,29H2,1-4H3. The number of rotatable bonds is 12. The zero-order chi connectivity index (χ0) is 23.3. The van der Waals surface area contributed by atoms with Crippen molar-refractivity contribution in [3.05, 3.63) is 35.4 Å². The highest BCUT2D eigenvalue weighted by Crippen LogP contribution is 2.47. The molecule has 1 aliphatic carbocycles. The highest BCUT2D eigenvalue weighted by Gasteiger charge is 2.30. The van der Waals surface area contributed by atoms with Gasteiger partial charge < -0.3 is 15.9 Å². The summed E-state index contributed by atoms with van der Waals surface area (Å²) < 4.78 is 1.74. The minimum Gasteiger partial charge on any atom is -0.494 e. The van der Waals surface area contributed by atoms with Gasteiger partial charge in [-0.3, -0.25) is 4.57 Å². The van der Waals surface area contributed by atoms with E-state index in [4.69, 9.17) is 5.73 Å². The highest BCUT2D eigenvalue weighted by atomic mass is 16.3. The lowest BCUT2D eigenvalue weighted by Crippen LogP contribution is -2.25. The molecular formula is C28H44N2O2. The van der Waals surface area contributed by atoms with Crippen LogP contribution in [-0.4, -0.2) is 20.8 Å². The van der Waals surface area contributed by atoms with Gasteiger partial charge in [0, 0.05) is 18.2 Å². The molecule has 2 aromatic rings. The van der Waals surface area contributed by atoms with Gasteiger partial charge in [-0.25, -0.2) is 0 Å². The first-order chi connectivity index (χ1) is 15.2. The average Bonchev–Trinajstić information content (AvgIpc) is 2.99. The predicted molar refractivity (Wildman–Crippen MR) is 134 cm³/mol. The summed E-state index contributed by atoms with van der Waals surface area (Å²) in [7, 11) is 0. The van der Waals surface area contributed by atoms with Gasteiger partial charge in [0.1, 0.15) is 0 Å². The second kappa shape index (κ2) is 10.8. The van der Waals surface area contributed by atoms with E-state index in [1.165, 1.54) is 44.1 Å². The normalized spacial score (nSPS) is 14.4. The maximum absolute atomic E-state index is 11.0. The van der Waals surface area contributed by atoms with Crippen molar-refractivity contribution in [2.24, 2.45) is 17.1 Å². The van der Waals surface area contributed by atoms with Crippen LogP contribution < -0.4 is 5.73 Å². The molecule has 0 saturated heterocycles. The highest BCUT2D eigenvalue weighted by molar-refractivity contribution is 5.80. The lowest BCUT2D eigenvalue weighted by atomic mass is 9.86. The second-order valence-electron chi connectivity index (χ2n) is 11.0. The van der Waals surface area contributed by atoms with Gasteiger partial charge in [-0.15, -0.1) is 0 Å². The zero-order valence-electron chi connectivity index (χ0n) is 20.7. The van der Waals surface area contributed by atoms with Crippen molar-refractivity contribution in [1.29, 1.82) is 0 Å². The molecule has 178 valence electrons. The smallest absolute Gasteiger partial charge is 0.202 e. The molecule has 4 nitrogen and oxygen atoms in total. The maximum Gasteiger partial charge on any atom is 0.202 e. The third kappa shape index (κ3) is 5.89. The Balaban J connectivity index is 1.49. The number of unbranched alkanes of at least 4 members (excludes halogenated alkanes) is 5. The maximum atomic E-state index is 11.0. The second-order valence-corrected chi connectivity index (χ2v) is 11.0. The van der Waals surface area contributed by atoms with Gasteiger partial charge in [-0.2, -0.15) is 0 Å². The first-order valence-electron chi connectivity index (χ1n) is 12.7. The fourth-order valence-corrected chi connectivity index (χ4v) is 5.09. The molecule has 1 heterocycles. The van der Waals surface area contributed by atoms with E-state index < -0.39 is 0 Å². The molecule has 1 unspecified atom stereocenters. The molecule has 1 aromatic carbocycles. The van der Waals surface area contributed by atoms with Crippen LogP contribution in [0.3, 0.4) is 0 Å². The molecule has 0 bridgehead atoms. The Kier molecular flexibility index (Phi) is 8.32. The van der Waals surface area contributed by atoms with Gasteiger partial charge in [-0.05, 0) is 48.1 Å². The van der Waals surface area contributed by atoms with Crippen LogP contribution in [0.5, 0.6) is 11.8 Å². The molecular weight excluding hydrogens is 396 g/mol. The number of benzene rings is 1. The summed E-state index contributed by atoms with van der Waals surface area (Å²) in [6, 6.07) is 8.57. The summed E-state index contributed by atoms with van der Waals surface area (Å²) in [6.45, 7) is 9.52. The number of aromatic nitrogens is 1. The average molecular weight is 441 g/mol. The summed E-state index contributed by atoms with van der Waals surface area (Å²) in [4.78, 5) is 0. The third-order valence-electron chi connectivity index (χ3n) is 7.32. The van der Waals surface area contributed by atoms with E-state index in [0.717, 1.165) is 42.4 Å². The molecule has 1 aromatic heterocycles. The van der Waals surface area contributed by atoms with Crippen molar-refractivity contribution in [3.8, 4) is 22.9 Å². The van der Waals surface area contributed by atoms with Crippen LogP contribution in [0.1, 0.15) is 90.2 Å². The van der Waals surface area contributed by atoms with Gasteiger partial charge in [-0.1, -0.05) is 90.5 Å². The quantitative estimate of drug-likeness (QED) is 0.318. The van der Waals surface area contributed by atoms with E-state index in [1.54, 1.807) is 4.57 Å². The Bertz CT molecular complexity index is 882. The van der Waals surface area contributed by atoms with Crippen molar-refractivity contribution in [2.75, 3.05) is 0 Å². The molecule has 1 aliphatic rings. The SMILES string of the molecule is CC(C)C(N)CCCCCCCCC(C)(C)Cn1c(O)c2c(c1O)-c1ccccc1CC2. The summed E-state index contributed by atoms with van der Waals surface area (Å²) in [5, 5.41) is 21.9. The molecule has 0 radical (unpaired) electrons. The van der Waals surface area contributed by atoms with Gasteiger partial charge in [0.2, 0.25) is 5.88 Å². The zero-order valence-corrected chi connectivity index (χ0v) is 20.7. The minimum atomic E-state index is 0.0140. The number of aromatic hydroxyl groups is 2. The minimum absolute atomic E-state index is 0.0140. The molecule has 0 aliphatic heterocycles. The van der Waals surface area contributed by atoms with Crippen molar-refractivity contribution in [2.45, 2.75) is 104 Å². The van der Waals surface area contributed by atoms with E-state index in [9.17, 15) is 10.2 Å². The first kappa shape index (κ1) is 24.7. The van der Waals surface area contributed by atoms with Crippen molar-refractivity contribution in [3.63, 3.8) is 0 Å². The van der Waals surface area contributed by atoms with E-state index >= 15 is 0 Å². The van der Waals surface area contributed by atoms with E-state index in [0.29, 0.717) is 18.5 Å². The van der Waals surface area contributed by atoms with Gasteiger partial charge in [0.05, 0.1) is 5.56 Å². The van der Waals surface area contributed by atoms with Crippen LogP contribution in [0.25, 0.3) is 11.1 Å². The summed E-state index contributed by atoms with van der Waals surface area (Å²) in [5.74, 6) is 1.05. The number of hydrogen-bond donors (Lipinski definition) is 3. The van der Waals surface area contributed by atoms with E-state index in [-0.39, 0.29) is 17.2 Å². The van der Waals surface area contributed by atoms with E-state index in [1.807, 2.05) is 12.1 Å². The Morgan fingerprint density at radius 1 is 0.938 bits per heavy atom. The fourth-order valence-electron chi connectivity index (χ4n) is 5.09. The van der Waals surface area contributed by atoms with Crippen LogP contribution >= 0.6 is 0 Å². The molecule has 0 amide bonds. The Morgan fingerprint density at radius 3 is 2.31 bits per heavy atom. The number of fused-ring (bicyclic) bond motifs is 3. The molecule has 3 rings (SSSR count). The van der Waals surface area contributed by atoms with Crippen molar-refractivity contribution >= 4 is 0 Å². The Labute approximate surface area is 194 Å². The van der Waals surface area contributed by atoms with Gasteiger partial charge in [0.15, 0.2) is 5.88 Å². The molecule has 4 N–H and O–H groups in total. The van der Waals surface area contributed by atoms with Crippen molar-refractivity contribution in [1.82, 2.24) is 4.57 Å². The van der Waals surface area contributed by atoms with Gasteiger partial charge >= 0.3 is 0 Å². The summed E-state index contributed by atoms with van der Waals surface area (Å²) in [5.41, 5.74) is 10.2. The predicted octanol–water partition coefficient (Wildman–Crippen LogP) is 6.80. The Hall–Kier alpha value is -1.94. The molecule has 32 heavy (non-hydrogen) atoms. The lowest BCUT2D eigenvalue weighted by molar-refractivity contribution is 0.240. The molecule has 0 spiro atoms. The molecule has 0 saturated carbocycles. The van der Waals surface area contributed by atoms with Gasteiger partial charge in [0.25, 0.3) is 0 Å². The number of aryl methyl sites for hydroxylation is 1. The topological polar surface area (TPSA) is 71.4 Å². The summed E-state index contributed by atoms with van der Waals surface area (Å²) >= 11 is 0. The third-order valence-corrected chi connectivity index (χ3v) is 7.32. The number of hydrogen-bond acceptors (Lipinski definition) is 3.